The summed E-state index contributed by atoms with van der Waals surface area (Å²) in [5.41, 5.74) is 3.09. The van der Waals surface area contributed by atoms with Crippen molar-refractivity contribution in [2.45, 2.75) is 59.3 Å². The highest BCUT2D eigenvalue weighted by Crippen LogP contribution is 2.37. The van der Waals surface area contributed by atoms with Crippen LogP contribution in [0.5, 0.6) is 5.75 Å². The fraction of sp³-hybridized carbons (Fsp3) is 0.600. The van der Waals surface area contributed by atoms with Gasteiger partial charge in [0.15, 0.2) is 0 Å². The van der Waals surface area contributed by atoms with Gasteiger partial charge in [-0.3, -0.25) is 0 Å². The summed E-state index contributed by atoms with van der Waals surface area (Å²) in [7, 11) is 0. The number of aromatic hydroxyl groups is 1. The van der Waals surface area contributed by atoms with Crippen LogP contribution >= 0.6 is 0 Å². The van der Waals surface area contributed by atoms with Crippen molar-refractivity contribution < 1.29 is 6.48 Å². The van der Waals surface area contributed by atoms with E-state index in [1.54, 1.807) is 0 Å². The maximum Gasteiger partial charge on any atom is 0.122 e. The van der Waals surface area contributed by atoms with E-state index in [1.165, 1.54) is 0 Å². The molecule has 0 radical (unpaired) electrons. The molecule has 1 aromatic carbocycles. The predicted octanol–water partition coefficient (Wildman–Crippen LogP) is 4.38. The van der Waals surface area contributed by atoms with E-state index in [0.29, 0.717) is 18.6 Å². The number of rotatable bonds is 2. The molecule has 0 unspecified atom stereocenters. The van der Waals surface area contributed by atoms with Gasteiger partial charge in [-0.1, -0.05) is 53.7 Å². The number of hydrogen-bond donors (Lipinski definition) is 1. The van der Waals surface area contributed by atoms with Crippen molar-refractivity contribution in [1.29, 1.82) is 0 Å². The Hall–Kier alpha value is -0.980. The Morgan fingerprint density at radius 2 is 1.94 bits per heavy atom. The molecular weight excluding hydrogens is 196 g/mol. The highest BCUT2D eigenvalue weighted by Gasteiger charge is 2.21. The molecule has 90 valence electrons. The Morgan fingerprint density at radius 3 is 2.38 bits per heavy atom. The van der Waals surface area contributed by atoms with E-state index in [-0.39, 0.29) is 5.41 Å². The van der Waals surface area contributed by atoms with Gasteiger partial charge in [0, 0.05) is 1.37 Å². The summed E-state index contributed by atoms with van der Waals surface area (Å²) < 4.78 is 7.34. The van der Waals surface area contributed by atoms with E-state index >= 15 is 0 Å². The maximum absolute atomic E-state index is 10.3. The highest BCUT2D eigenvalue weighted by atomic mass is 16.3. The Labute approximate surface area is 101 Å². The molecule has 1 rings (SSSR count). The molecule has 0 amide bonds. The molecule has 0 aliphatic rings. The van der Waals surface area contributed by atoms with E-state index in [4.69, 9.17) is 1.37 Å². The quantitative estimate of drug-likeness (QED) is 0.787. The third-order valence-electron chi connectivity index (χ3n) is 2.92. The molecule has 0 bridgehead atoms. The van der Waals surface area contributed by atoms with Gasteiger partial charge in [-0.05, 0) is 34.4 Å². The second-order valence-electron chi connectivity index (χ2n) is 5.74. The molecule has 0 atom stereocenters. The van der Waals surface area contributed by atoms with E-state index in [1.807, 2.05) is 6.07 Å². The standard InChI is InChI=1S/C15H24O/c1-7-11-8-12(10(2)3)14(16)13(9-11)15(4,5)6/h8-10,16H,7H2,1-6H3/i1T. The van der Waals surface area contributed by atoms with Gasteiger partial charge < -0.3 is 5.11 Å². The molecule has 1 nitrogen and oxygen atoms in total. The monoisotopic (exact) mass is 222 g/mol. The van der Waals surface area contributed by atoms with Gasteiger partial charge >= 0.3 is 0 Å². The lowest BCUT2D eigenvalue weighted by atomic mass is 9.82. The normalized spacial score (nSPS) is 13.0. The molecule has 0 fully saturated rings. The average molecular weight is 222 g/mol. The lowest BCUT2D eigenvalue weighted by molar-refractivity contribution is 0.437. The molecule has 1 aromatic rings. The maximum atomic E-state index is 10.3. The third kappa shape index (κ3) is 2.58. The molecule has 0 heterocycles. The lowest BCUT2D eigenvalue weighted by Gasteiger charge is -2.24. The first kappa shape index (κ1) is 11.5. The van der Waals surface area contributed by atoms with Gasteiger partial charge in [0.05, 0.1) is 0 Å². The van der Waals surface area contributed by atoms with E-state index in [2.05, 4.69) is 40.7 Å². The second-order valence-corrected chi connectivity index (χ2v) is 5.74. The largest absolute Gasteiger partial charge is 0.507 e. The van der Waals surface area contributed by atoms with Crippen LogP contribution in [-0.2, 0) is 11.8 Å². The minimum absolute atomic E-state index is 0.0637. The van der Waals surface area contributed by atoms with Gasteiger partial charge in [0.2, 0.25) is 0 Å². The summed E-state index contributed by atoms with van der Waals surface area (Å²) in [6.07, 6.45) is 0.753. The molecule has 0 aliphatic carbocycles. The number of aryl methyl sites for hydroxylation is 1. The van der Waals surface area contributed by atoms with Gasteiger partial charge in [0.25, 0.3) is 0 Å². The Bertz CT molecular complexity index is 389. The van der Waals surface area contributed by atoms with Crippen LogP contribution in [-0.4, -0.2) is 5.11 Å². The molecule has 0 aliphatic heterocycles. The molecule has 0 saturated carbocycles. The minimum atomic E-state index is -0.0637. The van der Waals surface area contributed by atoms with Gasteiger partial charge in [-0.25, -0.2) is 0 Å². The van der Waals surface area contributed by atoms with Crippen LogP contribution in [0.25, 0.3) is 0 Å². The average Bonchev–Trinajstić information content (AvgIpc) is 2.18. The zero-order chi connectivity index (χ0) is 13.2. The van der Waals surface area contributed by atoms with Crippen molar-refractivity contribution >= 4 is 0 Å². The van der Waals surface area contributed by atoms with E-state index in [9.17, 15) is 5.11 Å². The van der Waals surface area contributed by atoms with Crippen molar-refractivity contribution in [3.05, 3.63) is 28.8 Å². The molecule has 16 heavy (non-hydrogen) atoms. The SMILES string of the molecule is [3H]CCc1cc(C(C)C)c(O)c(C(C)(C)C)c1. The van der Waals surface area contributed by atoms with Gasteiger partial charge in [0.1, 0.15) is 5.75 Å². The summed E-state index contributed by atoms with van der Waals surface area (Å²) in [4.78, 5) is 0. The first-order chi connectivity index (χ1) is 7.77. The summed E-state index contributed by atoms with van der Waals surface area (Å²) >= 11 is 0. The van der Waals surface area contributed by atoms with Crippen molar-refractivity contribution in [2.24, 2.45) is 0 Å². The van der Waals surface area contributed by atoms with Crippen molar-refractivity contribution in [1.82, 2.24) is 0 Å². The van der Waals surface area contributed by atoms with Crippen LogP contribution in [0.4, 0.5) is 0 Å². The van der Waals surface area contributed by atoms with E-state index < -0.39 is 0 Å². The van der Waals surface area contributed by atoms with Crippen LogP contribution in [0.1, 0.15) is 65.5 Å². The van der Waals surface area contributed by atoms with Crippen molar-refractivity contribution in [2.75, 3.05) is 0 Å². The molecule has 0 saturated heterocycles. The van der Waals surface area contributed by atoms with Crippen LogP contribution in [0.2, 0.25) is 0 Å². The Balaban J connectivity index is 3.38. The van der Waals surface area contributed by atoms with E-state index in [0.717, 1.165) is 23.1 Å². The number of hydrogen-bond acceptors (Lipinski definition) is 1. The zero-order valence-corrected chi connectivity index (χ0v) is 11.1. The lowest BCUT2D eigenvalue weighted by Crippen LogP contribution is -2.13. The first-order valence-corrected chi connectivity index (χ1v) is 5.93. The smallest absolute Gasteiger partial charge is 0.122 e. The molecule has 1 N–H and O–H groups in total. The first-order valence-electron chi connectivity index (χ1n) is 6.63. The van der Waals surface area contributed by atoms with Gasteiger partial charge in [-0.2, -0.15) is 0 Å². The Morgan fingerprint density at radius 1 is 1.31 bits per heavy atom. The van der Waals surface area contributed by atoms with Crippen molar-refractivity contribution in [3.8, 4) is 5.75 Å². The number of benzene rings is 1. The van der Waals surface area contributed by atoms with Gasteiger partial charge in [-0.15, -0.1) is 0 Å². The fourth-order valence-corrected chi connectivity index (χ4v) is 1.88. The highest BCUT2D eigenvalue weighted by molar-refractivity contribution is 5.48. The topological polar surface area (TPSA) is 20.2 Å². The molecule has 1 heteroatoms. The summed E-state index contributed by atoms with van der Waals surface area (Å²) in [5, 5.41) is 10.3. The minimum Gasteiger partial charge on any atom is -0.507 e. The molecule has 0 spiro atoms. The number of phenolic OH excluding ortho intramolecular Hbond substituents is 1. The van der Waals surface area contributed by atoms with Crippen LogP contribution < -0.4 is 0 Å². The summed E-state index contributed by atoms with van der Waals surface area (Å²) in [5.74, 6) is 0.739. The Kier molecular flexibility index (Phi) is 3.22. The molecule has 0 aromatic heterocycles. The predicted molar refractivity (Wildman–Crippen MR) is 70.3 cm³/mol. The molecular formula is C15H24O. The van der Waals surface area contributed by atoms with Crippen LogP contribution in [0.3, 0.4) is 0 Å². The summed E-state index contributed by atoms with van der Waals surface area (Å²) in [6.45, 7) is 10.9. The third-order valence-corrected chi connectivity index (χ3v) is 2.92. The van der Waals surface area contributed by atoms with Crippen LogP contribution in [0, 0.1) is 0 Å². The summed E-state index contributed by atoms with van der Waals surface area (Å²) in [6, 6.07) is 4.10. The zero-order valence-electron chi connectivity index (χ0n) is 12.1. The second kappa shape index (κ2) is 4.48. The number of phenols is 1. The fourth-order valence-electron chi connectivity index (χ4n) is 1.88. The van der Waals surface area contributed by atoms with Crippen LogP contribution in [0.15, 0.2) is 12.1 Å². The van der Waals surface area contributed by atoms with Crippen molar-refractivity contribution in [3.63, 3.8) is 0 Å².